The van der Waals surface area contributed by atoms with Gasteiger partial charge in [-0.2, -0.15) is 0 Å². The van der Waals surface area contributed by atoms with Gasteiger partial charge in [0, 0.05) is 48.1 Å². The zero-order valence-corrected chi connectivity index (χ0v) is 14.6. The lowest BCUT2D eigenvalue weighted by molar-refractivity contribution is -0.116. The van der Waals surface area contributed by atoms with Crippen LogP contribution in [0, 0.1) is 0 Å². The van der Waals surface area contributed by atoms with E-state index in [4.69, 9.17) is 9.47 Å². The number of hydrogen-bond donors (Lipinski definition) is 1. The van der Waals surface area contributed by atoms with E-state index in [9.17, 15) is 4.79 Å². The number of anilines is 1. The van der Waals surface area contributed by atoms with Gasteiger partial charge in [-0.05, 0) is 24.3 Å². The highest BCUT2D eigenvalue weighted by Gasteiger charge is 2.32. The Hall–Kier alpha value is -3.28. The molecule has 1 aromatic carbocycles. The minimum Gasteiger partial charge on any atom is -0.497 e. The highest BCUT2D eigenvalue weighted by Crippen LogP contribution is 2.45. The maximum Gasteiger partial charge on any atom is 0.225 e. The monoisotopic (exact) mass is 349 g/mol. The number of methoxy groups -OCH3 is 2. The van der Waals surface area contributed by atoms with Crippen molar-refractivity contribution in [2.75, 3.05) is 19.5 Å². The molecule has 6 heteroatoms. The van der Waals surface area contributed by atoms with Gasteiger partial charge in [0.1, 0.15) is 11.5 Å². The highest BCUT2D eigenvalue weighted by molar-refractivity contribution is 5.96. The number of carbonyl (C=O) groups excluding carboxylic acids is 1. The molecule has 0 aliphatic carbocycles. The van der Waals surface area contributed by atoms with E-state index in [2.05, 4.69) is 14.9 Å². The van der Waals surface area contributed by atoms with Gasteiger partial charge in [0.05, 0.1) is 31.8 Å². The Morgan fingerprint density at radius 3 is 2.81 bits per heavy atom. The Balaban J connectivity index is 1.88. The number of carbonyl (C=O) groups is 1. The third kappa shape index (κ3) is 2.69. The largest absolute Gasteiger partial charge is 0.497 e. The summed E-state index contributed by atoms with van der Waals surface area (Å²) in [6, 6.07) is 11.6. The first-order valence-corrected chi connectivity index (χ1v) is 8.34. The lowest BCUT2D eigenvalue weighted by Crippen LogP contribution is -2.25. The van der Waals surface area contributed by atoms with Gasteiger partial charge in [-0.3, -0.25) is 9.78 Å². The fourth-order valence-corrected chi connectivity index (χ4v) is 3.50. The summed E-state index contributed by atoms with van der Waals surface area (Å²) in [5, 5.41) is 2.94. The second-order valence-corrected chi connectivity index (χ2v) is 6.11. The molecule has 132 valence electrons. The summed E-state index contributed by atoms with van der Waals surface area (Å²) in [6.07, 6.45) is 5.87. The lowest BCUT2D eigenvalue weighted by Gasteiger charge is -2.29. The quantitative estimate of drug-likeness (QED) is 0.784. The number of pyridine rings is 1. The van der Waals surface area contributed by atoms with Crippen LogP contribution in [0.15, 0.2) is 55.0 Å². The van der Waals surface area contributed by atoms with E-state index in [0.29, 0.717) is 17.9 Å². The van der Waals surface area contributed by atoms with Gasteiger partial charge in [-0.25, -0.2) is 0 Å². The molecule has 0 saturated carbocycles. The molecule has 0 radical (unpaired) electrons. The first-order chi connectivity index (χ1) is 12.7. The van der Waals surface area contributed by atoms with Crippen molar-refractivity contribution < 1.29 is 14.3 Å². The number of rotatable bonds is 4. The molecular formula is C20H19N3O3. The van der Waals surface area contributed by atoms with Gasteiger partial charge < -0.3 is 19.4 Å². The Bertz CT molecular complexity index is 950. The maximum absolute atomic E-state index is 12.4. The summed E-state index contributed by atoms with van der Waals surface area (Å²) >= 11 is 0. The average molecular weight is 349 g/mol. The van der Waals surface area contributed by atoms with Crippen LogP contribution in [0.2, 0.25) is 0 Å². The Labute approximate surface area is 151 Å². The number of nitrogens with zero attached hydrogens (tertiary/aromatic N) is 2. The number of nitrogens with one attached hydrogen (secondary N) is 1. The minimum atomic E-state index is -0.130. The minimum absolute atomic E-state index is 0.0308. The lowest BCUT2D eigenvalue weighted by atomic mass is 9.86. The fourth-order valence-electron chi connectivity index (χ4n) is 3.50. The molecule has 4 rings (SSSR count). The van der Waals surface area contributed by atoms with Crippen molar-refractivity contribution >= 4 is 11.6 Å². The van der Waals surface area contributed by atoms with Crippen LogP contribution in [0.3, 0.4) is 0 Å². The fraction of sp³-hybridized carbons (Fsp3) is 0.200. The van der Waals surface area contributed by atoms with E-state index in [-0.39, 0.29) is 11.8 Å². The van der Waals surface area contributed by atoms with E-state index < -0.39 is 0 Å². The molecule has 2 aromatic heterocycles. The van der Waals surface area contributed by atoms with Crippen LogP contribution in [0.25, 0.3) is 5.69 Å². The van der Waals surface area contributed by atoms with Crippen molar-refractivity contribution in [1.29, 1.82) is 0 Å². The Morgan fingerprint density at radius 2 is 2.08 bits per heavy atom. The predicted octanol–water partition coefficient (Wildman–Crippen LogP) is 3.36. The van der Waals surface area contributed by atoms with Crippen molar-refractivity contribution in [3.05, 3.63) is 66.2 Å². The van der Waals surface area contributed by atoms with E-state index in [1.807, 2.05) is 42.6 Å². The van der Waals surface area contributed by atoms with Crippen molar-refractivity contribution in [2.24, 2.45) is 0 Å². The number of amides is 1. The normalized spacial score (nSPS) is 15.9. The molecule has 26 heavy (non-hydrogen) atoms. The van der Waals surface area contributed by atoms with Gasteiger partial charge >= 0.3 is 0 Å². The van der Waals surface area contributed by atoms with Gasteiger partial charge in [0.15, 0.2) is 0 Å². The molecule has 6 nitrogen and oxygen atoms in total. The molecule has 1 unspecified atom stereocenters. The van der Waals surface area contributed by atoms with Crippen LogP contribution in [-0.2, 0) is 4.79 Å². The van der Waals surface area contributed by atoms with Crippen molar-refractivity contribution in [3.63, 3.8) is 0 Å². The van der Waals surface area contributed by atoms with E-state index in [0.717, 1.165) is 22.6 Å². The van der Waals surface area contributed by atoms with Crippen LogP contribution in [-0.4, -0.2) is 29.7 Å². The molecule has 1 aliphatic heterocycles. The van der Waals surface area contributed by atoms with Gasteiger partial charge in [0.2, 0.25) is 5.91 Å². The summed E-state index contributed by atoms with van der Waals surface area (Å²) in [7, 11) is 3.22. The van der Waals surface area contributed by atoms with Gasteiger partial charge in [-0.15, -0.1) is 0 Å². The smallest absolute Gasteiger partial charge is 0.225 e. The third-order valence-electron chi connectivity index (χ3n) is 4.64. The summed E-state index contributed by atoms with van der Waals surface area (Å²) in [4.78, 5) is 16.6. The van der Waals surface area contributed by atoms with E-state index in [1.54, 1.807) is 26.6 Å². The predicted molar refractivity (Wildman–Crippen MR) is 98.2 cm³/mol. The summed E-state index contributed by atoms with van der Waals surface area (Å²) in [6.45, 7) is 0. The molecule has 3 aromatic rings. The molecule has 0 fully saturated rings. The van der Waals surface area contributed by atoms with E-state index in [1.165, 1.54) is 0 Å². The second kappa shape index (κ2) is 6.55. The first kappa shape index (κ1) is 16.2. The van der Waals surface area contributed by atoms with Gasteiger partial charge in [-0.1, -0.05) is 0 Å². The molecule has 0 saturated heterocycles. The molecule has 0 bridgehead atoms. The molecule has 1 N–H and O–H groups in total. The van der Waals surface area contributed by atoms with Gasteiger partial charge in [0.25, 0.3) is 0 Å². The Kier molecular flexibility index (Phi) is 4.08. The summed E-state index contributed by atoms with van der Waals surface area (Å²) in [5.41, 5.74) is 3.64. The average Bonchev–Trinajstić information content (AvgIpc) is 3.16. The molecular weight excluding hydrogens is 330 g/mol. The molecule has 1 amide bonds. The number of ether oxygens (including phenoxy) is 2. The molecule has 0 spiro atoms. The van der Waals surface area contributed by atoms with Crippen LogP contribution in [0.1, 0.15) is 23.6 Å². The zero-order chi connectivity index (χ0) is 18.1. The van der Waals surface area contributed by atoms with Crippen LogP contribution in [0.5, 0.6) is 11.5 Å². The number of fused-ring (bicyclic) bond motifs is 1. The van der Waals surface area contributed by atoms with Crippen molar-refractivity contribution in [2.45, 2.75) is 12.3 Å². The molecule has 1 atom stereocenters. The number of benzene rings is 1. The van der Waals surface area contributed by atoms with Crippen molar-refractivity contribution in [1.82, 2.24) is 9.55 Å². The summed E-state index contributed by atoms with van der Waals surface area (Å²) < 4.78 is 13.0. The van der Waals surface area contributed by atoms with Crippen LogP contribution in [0.4, 0.5) is 5.69 Å². The molecule has 3 heterocycles. The molecule has 1 aliphatic rings. The van der Waals surface area contributed by atoms with Crippen LogP contribution >= 0.6 is 0 Å². The number of hydrogen-bond acceptors (Lipinski definition) is 4. The third-order valence-corrected chi connectivity index (χ3v) is 4.64. The van der Waals surface area contributed by atoms with Crippen molar-refractivity contribution in [3.8, 4) is 17.2 Å². The second-order valence-electron chi connectivity index (χ2n) is 6.11. The Morgan fingerprint density at radius 1 is 1.19 bits per heavy atom. The number of aromatic nitrogens is 2. The van der Waals surface area contributed by atoms with Crippen LogP contribution < -0.4 is 14.8 Å². The van der Waals surface area contributed by atoms with E-state index >= 15 is 0 Å². The SMILES string of the molecule is COc1cc2c(c(OC)c1)C(c1cccn1-c1cccnc1)CC(=O)N2. The topological polar surface area (TPSA) is 65.4 Å². The summed E-state index contributed by atoms with van der Waals surface area (Å²) in [5.74, 6) is 1.18. The first-order valence-electron chi connectivity index (χ1n) is 8.34. The zero-order valence-electron chi connectivity index (χ0n) is 14.6. The standard InChI is InChI=1S/C20H19N3O3/c1-25-14-9-16-20(18(10-14)26-2)15(11-19(24)22-16)17-6-4-8-23(17)13-5-3-7-21-12-13/h3-10,12,15H,11H2,1-2H3,(H,22,24). The maximum atomic E-state index is 12.4. The highest BCUT2D eigenvalue weighted by atomic mass is 16.5.